The molecule has 0 aliphatic carbocycles. The highest BCUT2D eigenvalue weighted by atomic mass is 127. The standard InChI is InChI=1S/C17H12IN3O2/c18-12-6-8-13(9-7-12)20-16(22)14-10-19-15(21-17(14)23)11-4-2-1-3-5-11/h1-10H,(H,20,22)(H,19,21,23). The van der Waals surface area contributed by atoms with Crippen LogP contribution < -0.4 is 10.9 Å². The Labute approximate surface area is 145 Å². The van der Waals surface area contributed by atoms with E-state index in [0.717, 1.165) is 9.13 Å². The van der Waals surface area contributed by atoms with E-state index >= 15 is 0 Å². The molecule has 0 radical (unpaired) electrons. The van der Waals surface area contributed by atoms with Gasteiger partial charge in [0.05, 0.1) is 0 Å². The molecule has 0 saturated carbocycles. The fourth-order valence-electron chi connectivity index (χ4n) is 2.03. The lowest BCUT2D eigenvalue weighted by Gasteiger charge is -2.06. The molecule has 0 spiro atoms. The molecule has 0 saturated heterocycles. The van der Waals surface area contributed by atoms with E-state index in [0.29, 0.717) is 11.5 Å². The summed E-state index contributed by atoms with van der Waals surface area (Å²) in [6, 6.07) is 16.6. The third-order valence-corrected chi connectivity index (χ3v) is 3.91. The number of anilines is 1. The molecular formula is C17H12IN3O2. The van der Waals surface area contributed by atoms with Gasteiger partial charge < -0.3 is 10.3 Å². The number of nitrogens with one attached hydrogen (secondary N) is 2. The predicted molar refractivity (Wildman–Crippen MR) is 97.4 cm³/mol. The number of halogens is 1. The van der Waals surface area contributed by atoms with Crippen molar-refractivity contribution in [3.8, 4) is 11.4 Å². The number of hydrogen-bond donors (Lipinski definition) is 2. The summed E-state index contributed by atoms with van der Waals surface area (Å²) < 4.78 is 1.06. The molecule has 23 heavy (non-hydrogen) atoms. The van der Waals surface area contributed by atoms with Gasteiger partial charge in [-0.1, -0.05) is 30.3 Å². The molecular weight excluding hydrogens is 405 g/mol. The van der Waals surface area contributed by atoms with E-state index in [9.17, 15) is 9.59 Å². The SMILES string of the molecule is O=C(Nc1ccc(I)cc1)c1cnc(-c2ccccc2)[nH]c1=O. The molecule has 1 aromatic heterocycles. The van der Waals surface area contributed by atoms with Gasteiger partial charge in [0.15, 0.2) is 0 Å². The maximum absolute atomic E-state index is 12.2. The molecule has 0 aliphatic rings. The van der Waals surface area contributed by atoms with Crippen LogP contribution in [-0.4, -0.2) is 15.9 Å². The maximum Gasteiger partial charge on any atom is 0.264 e. The quantitative estimate of drug-likeness (QED) is 0.643. The third-order valence-electron chi connectivity index (χ3n) is 3.19. The minimum Gasteiger partial charge on any atom is -0.322 e. The van der Waals surface area contributed by atoms with Crippen molar-refractivity contribution >= 4 is 34.2 Å². The third kappa shape index (κ3) is 3.65. The van der Waals surface area contributed by atoms with Gasteiger partial charge in [-0.2, -0.15) is 0 Å². The first-order valence-corrected chi connectivity index (χ1v) is 7.93. The number of benzene rings is 2. The van der Waals surface area contributed by atoms with Crippen LogP contribution in [0.25, 0.3) is 11.4 Å². The second-order valence-corrected chi connectivity index (χ2v) is 6.05. The normalized spacial score (nSPS) is 10.3. The molecule has 0 unspecified atom stereocenters. The summed E-state index contributed by atoms with van der Waals surface area (Å²) in [5.41, 5.74) is 0.918. The molecule has 1 amide bonds. The Hall–Kier alpha value is -2.48. The zero-order valence-electron chi connectivity index (χ0n) is 11.9. The van der Waals surface area contributed by atoms with E-state index in [1.54, 1.807) is 12.1 Å². The Morgan fingerprint density at radius 1 is 1.04 bits per heavy atom. The Kier molecular flexibility index (Phi) is 4.52. The molecule has 0 fully saturated rings. The fourth-order valence-corrected chi connectivity index (χ4v) is 2.39. The molecule has 114 valence electrons. The van der Waals surface area contributed by atoms with Crippen LogP contribution >= 0.6 is 22.6 Å². The van der Waals surface area contributed by atoms with Crippen LogP contribution in [0.1, 0.15) is 10.4 Å². The second kappa shape index (κ2) is 6.74. The number of carbonyl (C=O) groups excluding carboxylic acids is 1. The molecule has 2 N–H and O–H groups in total. The summed E-state index contributed by atoms with van der Waals surface area (Å²) in [4.78, 5) is 31.1. The first-order chi connectivity index (χ1) is 11.1. The van der Waals surface area contributed by atoms with Gasteiger partial charge in [0.25, 0.3) is 11.5 Å². The first-order valence-electron chi connectivity index (χ1n) is 6.85. The largest absolute Gasteiger partial charge is 0.322 e. The topological polar surface area (TPSA) is 74.8 Å². The van der Waals surface area contributed by atoms with Crippen LogP contribution in [0.2, 0.25) is 0 Å². The van der Waals surface area contributed by atoms with Crippen molar-refractivity contribution in [2.45, 2.75) is 0 Å². The average molecular weight is 417 g/mol. The van der Waals surface area contributed by atoms with Crippen molar-refractivity contribution in [1.29, 1.82) is 0 Å². The molecule has 3 aromatic rings. The van der Waals surface area contributed by atoms with Gasteiger partial charge in [-0.05, 0) is 46.9 Å². The van der Waals surface area contributed by atoms with E-state index in [2.05, 4.69) is 37.9 Å². The summed E-state index contributed by atoms with van der Waals surface area (Å²) in [5, 5.41) is 2.68. The maximum atomic E-state index is 12.2. The van der Waals surface area contributed by atoms with E-state index in [4.69, 9.17) is 0 Å². The van der Waals surface area contributed by atoms with Crippen LogP contribution in [0, 0.1) is 3.57 Å². The van der Waals surface area contributed by atoms with Crippen molar-refractivity contribution < 1.29 is 4.79 Å². The molecule has 2 aromatic carbocycles. The van der Waals surface area contributed by atoms with Crippen LogP contribution in [0.4, 0.5) is 5.69 Å². The van der Waals surface area contributed by atoms with Gasteiger partial charge in [0.2, 0.25) is 0 Å². The lowest BCUT2D eigenvalue weighted by Crippen LogP contribution is -2.24. The lowest BCUT2D eigenvalue weighted by molar-refractivity contribution is 0.102. The van der Waals surface area contributed by atoms with Crippen LogP contribution in [0.3, 0.4) is 0 Å². The van der Waals surface area contributed by atoms with Crippen molar-refractivity contribution in [3.63, 3.8) is 0 Å². The minimum absolute atomic E-state index is 0.0248. The van der Waals surface area contributed by atoms with Gasteiger partial charge in [-0.3, -0.25) is 9.59 Å². The Bertz CT molecular complexity index is 890. The van der Waals surface area contributed by atoms with Crippen molar-refractivity contribution in [2.24, 2.45) is 0 Å². The molecule has 5 nitrogen and oxygen atoms in total. The first kappa shape index (κ1) is 15.4. The predicted octanol–water partition coefficient (Wildman–Crippen LogP) is 3.29. The fraction of sp³-hybridized carbons (Fsp3) is 0. The number of rotatable bonds is 3. The highest BCUT2D eigenvalue weighted by Crippen LogP contribution is 2.13. The zero-order chi connectivity index (χ0) is 16.2. The van der Waals surface area contributed by atoms with Crippen LogP contribution in [0.5, 0.6) is 0 Å². The van der Waals surface area contributed by atoms with Crippen molar-refractivity contribution in [3.05, 3.63) is 80.3 Å². The summed E-state index contributed by atoms with van der Waals surface area (Å²) in [6.07, 6.45) is 1.29. The van der Waals surface area contributed by atoms with Gasteiger partial charge >= 0.3 is 0 Å². The van der Waals surface area contributed by atoms with E-state index in [1.165, 1.54) is 6.20 Å². The Balaban J connectivity index is 1.84. The number of nitrogens with zero attached hydrogens (tertiary/aromatic N) is 1. The highest BCUT2D eigenvalue weighted by molar-refractivity contribution is 14.1. The van der Waals surface area contributed by atoms with Gasteiger partial charge in [0, 0.05) is 21.0 Å². The molecule has 0 bridgehead atoms. The van der Waals surface area contributed by atoms with Crippen molar-refractivity contribution in [1.82, 2.24) is 9.97 Å². The lowest BCUT2D eigenvalue weighted by atomic mass is 10.2. The number of amides is 1. The van der Waals surface area contributed by atoms with Crippen LogP contribution in [0.15, 0.2) is 65.6 Å². The smallest absolute Gasteiger partial charge is 0.264 e. The summed E-state index contributed by atoms with van der Waals surface area (Å²) in [7, 11) is 0. The Morgan fingerprint density at radius 3 is 2.39 bits per heavy atom. The zero-order valence-corrected chi connectivity index (χ0v) is 14.1. The van der Waals surface area contributed by atoms with E-state index in [1.807, 2.05) is 42.5 Å². The molecule has 0 aliphatic heterocycles. The van der Waals surface area contributed by atoms with Crippen LogP contribution in [-0.2, 0) is 0 Å². The molecule has 0 atom stereocenters. The van der Waals surface area contributed by atoms with E-state index in [-0.39, 0.29) is 5.56 Å². The van der Waals surface area contributed by atoms with E-state index < -0.39 is 11.5 Å². The van der Waals surface area contributed by atoms with Crippen molar-refractivity contribution in [2.75, 3.05) is 5.32 Å². The monoisotopic (exact) mass is 417 g/mol. The number of carbonyl (C=O) groups is 1. The minimum atomic E-state index is -0.487. The average Bonchev–Trinajstić information content (AvgIpc) is 2.57. The molecule has 1 heterocycles. The van der Waals surface area contributed by atoms with Gasteiger partial charge in [0.1, 0.15) is 11.4 Å². The number of aromatic nitrogens is 2. The van der Waals surface area contributed by atoms with Gasteiger partial charge in [-0.25, -0.2) is 4.98 Å². The molecule has 3 rings (SSSR count). The highest BCUT2D eigenvalue weighted by Gasteiger charge is 2.12. The summed E-state index contributed by atoms with van der Waals surface area (Å²) in [5.74, 6) is -0.0546. The Morgan fingerprint density at radius 2 is 1.74 bits per heavy atom. The van der Waals surface area contributed by atoms with Gasteiger partial charge in [-0.15, -0.1) is 0 Å². The molecule has 6 heteroatoms. The number of hydrogen-bond acceptors (Lipinski definition) is 3. The summed E-state index contributed by atoms with van der Waals surface area (Å²) in [6.45, 7) is 0. The number of H-pyrrole nitrogens is 1. The number of aromatic amines is 1. The second-order valence-electron chi connectivity index (χ2n) is 4.80. The summed E-state index contributed by atoms with van der Waals surface area (Å²) >= 11 is 2.18.